The monoisotopic (exact) mass is 356 g/mol. The summed E-state index contributed by atoms with van der Waals surface area (Å²) in [7, 11) is 0. The molecule has 0 bridgehead atoms. The van der Waals surface area contributed by atoms with Crippen LogP contribution in [0.25, 0.3) is 10.2 Å². The summed E-state index contributed by atoms with van der Waals surface area (Å²) in [6.07, 6.45) is 1.45. The van der Waals surface area contributed by atoms with Crippen molar-refractivity contribution < 1.29 is 9.90 Å². The minimum Gasteiger partial charge on any atom is -0.477 e. The van der Waals surface area contributed by atoms with Gasteiger partial charge in [0.25, 0.3) is 0 Å². The van der Waals surface area contributed by atoms with Gasteiger partial charge in [0.1, 0.15) is 21.9 Å². The number of hydrogen-bond donors (Lipinski definition) is 2. The predicted octanol–water partition coefficient (Wildman–Crippen LogP) is 4.29. The van der Waals surface area contributed by atoms with Crippen molar-refractivity contribution in [2.24, 2.45) is 0 Å². The van der Waals surface area contributed by atoms with Gasteiger partial charge in [-0.15, -0.1) is 11.3 Å². The number of carbonyl (C=O) groups is 1. The zero-order chi connectivity index (χ0) is 18.0. The smallest absolute Gasteiger partial charge is 0.346 e. The second kappa shape index (κ2) is 7.06. The third kappa shape index (κ3) is 3.28. The molecule has 2 heterocycles. The van der Waals surface area contributed by atoms with Crippen molar-refractivity contribution >= 4 is 44.7 Å². The Morgan fingerprint density at radius 2 is 1.88 bits per heavy atom. The van der Waals surface area contributed by atoms with E-state index >= 15 is 0 Å². The second-order valence-corrected chi connectivity index (χ2v) is 6.61. The lowest BCUT2D eigenvalue weighted by atomic mass is 10.2. The molecule has 7 heteroatoms. The van der Waals surface area contributed by atoms with E-state index in [0.717, 1.165) is 24.2 Å². The summed E-state index contributed by atoms with van der Waals surface area (Å²) in [5.41, 5.74) is 2.76. The Kier molecular flexibility index (Phi) is 4.85. The Hall–Kier alpha value is -2.67. The van der Waals surface area contributed by atoms with Crippen molar-refractivity contribution in [1.29, 1.82) is 0 Å². The maximum Gasteiger partial charge on any atom is 0.346 e. The van der Waals surface area contributed by atoms with E-state index < -0.39 is 5.97 Å². The van der Waals surface area contributed by atoms with Crippen LogP contribution < -0.4 is 10.2 Å². The number of fused-ring (bicyclic) bond motifs is 1. The second-order valence-electron chi connectivity index (χ2n) is 5.61. The molecule has 0 atom stereocenters. The van der Waals surface area contributed by atoms with Gasteiger partial charge in [-0.1, -0.05) is 0 Å². The van der Waals surface area contributed by atoms with Crippen LogP contribution in [-0.2, 0) is 0 Å². The van der Waals surface area contributed by atoms with E-state index in [1.165, 1.54) is 23.4 Å². The molecule has 0 radical (unpaired) electrons. The molecular weight excluding hydrogens is 336 g/mol. The molecule has 1 aromatic carbocycles. The number of benzene rings is 1. The van der Waals surface area contributed by atoms with Gasteiger partial charge in [-0.2, -0.15) is 0 Å². The van der Waals surface area contributed by atoms with Gasteiger partial charge in [0.2, 0.25) is 0 Å². The molecule has 2 aromatic heterocycles. The van der Waals surface area contributed by atoms with Crippen LogP contribution in [0.1, 0.15) is 29.1 Å². The Bertz CT molecular complexity index is 901. The van der Waals surface area contributed by atoms with Crippen molar-refractivity contribution in [2.45, 2.75) is 20.8 Å². The van der Waals surface area contributed by atoms with Crippen LogP contribution in [0, 0.1) is 6.92 Å². The zero-order valence-corrected chi connectivity index (χ0v) is 15.2. The van der Waals surface area contributed by atoms with Crippen LogP contribution in [0.5, 0.6) is 0 Å². The summed E-state index contributed by atoms with van der Waals surface area (Å²) in [6.45, 7) is 7.98. The number of aromatic carboxylic acids is 1. The average molecular weight is 356 g/mol. The molecule has 0 spiro atoms. The zero-order valence-electron chi connectivity index (χ0n) is 14.4. The first-order chi connectivity index (χ1) is 12.0. The molecule has 0 unspecified atom stereocenters. The normalized spacial score (nSPS) is 10.8. The molecule has 0 saturated heterocycles. The molecule has 2 N–H and O–H groups in total. The summed E-state index contributed by atoms with van der Waals surface area (Å²) in [5, 5.41) is 13.4. The number of nitrogens with one attached hydrogen (secondary N) is 1. The number of aromatic nitrogens is 2. The summed E-state index contributed by atoms with van der Waals surface area (Å²) >= 11 is 1.17. The largest absolute Gasteiger partial charge is 0.477 e. The van der Waals surface area contributed by atoms with Crippen LogP contribution in [0.2, 0.25) is 0 Å². The number of rotatable bonds is 6. The Balaban J connectivity index is 1.94. The number of nitrogens with zero attached hydrogens (tertiary/aromatic N) is 3. The Morgan fingerprint density at radius 1 is 1.20 bits per heavy atom. The predicted molar refractivity (Wildman–Crippen MR) is 102 cm³/mol. The van der Waals surface area contributed by atoms with Gasteiger partial charge in [-0.25, -0.2) is 14.8 Å². The van der Waals surface area contributed by atoms with Crippen LogP contribution >= 0.6 is 11.3 Å². The highest BCUT2D eigenvalue weighted by molar-refractivity contribution is 7.20. The number of carboxylic acids is 1. The molecule has 6 nitrogen and oxygen atoms in total. The minimum atomic E-state index is -0.935. The molecule has 0 fully saturated rings. The third-order valence-electron chi connectivity index (χ3n) is 4.18. The van der Waals surface area contributed by atoms with Crippen molar-refractivity contribution in [1.82, 2.24) is 9.97 Å². The summed E-state index contributed by atoms with van der Waals surface area (Å²) < 4.78 is 0. The highest BCUT2D eigenvalue weighted by Crippen LogP contribution is 2.34. The maximum atomic E-state index is 11.4. The van der Waals surface area contributed by atoms with Crippen molar-refractivity contribution in [3.8, 4) is 0 Å². The van der Waals surface area contributed by atoms with Crippen LogP contribution in [0.4, 0.5) is 17.2 Å². The number of anilines is 3. The van der Waals surface area contributed by atoms with Crippen molar-refractivity contribution in [2.75, 3.05) is 23.3 Å². The van der Waals surface area contributed by atoms with Gasteiger partial charge in [0, 0.05) is 24.5 Å². The lowest BCUT2D eigenvalue weighted by Gasteiger charge is -2.21. The lowest BCUT2D eigenvalue weighted by Crippen LogP contribution is -2.21. The summed E-state index contributed by atoms with van der Waals surface area (Å²) in [6, 6.07) is 8.14. The molecule has 130 valence electrons. The van der Waals surface area contributed by atoms with Crippen LogP contribution in [-0.4, -0.2) is 34.1 Å². The van der Waals surface area contributed by atoms with Gasteiger partial charge in [0.15, 0.2) is 0 Å². The van der Waals surface area contributed by atoms with E-state index in [1.807, 2.05) is 12.1 Å². The highest BCUT2D eigenvalue weighted by atomic mass is 32.1. The highest BCUT2D eigenvalue weighted by Gasteiger charge is 2.18. The van der Waals surface area contributed by atoms with Crippen molar-refractivity contribution in [3.63, 3.8) is 0 Å². The molecule has 0 aliphatic carbocycles. The molecule has 3 rings (SSSR count). The van der Waals surface area contributed by atoms with E-state index in [9.17, 15) is 9.90 Å². The first-order valence-corrected chi connectivity index (χ1v) is 8.96. The van der Waals surface area contributed by atoms with Gasteiger partial charge in [-0.05, 0) is 50.6 Å². The van der Waals surface area contributed by atoms with E-state index in [1.54, 1.807) is 6.92 Å². The van der Waals surface area contributed by atoms with Crippen molar-refractivity contribution in [3.05, 3.63) is 41.0 Å². The maximum absolute atomic E-state index is 11.4. The number of carboxylic acid groups (broad SMARTS) is 1. The molecule has 0 aliphatic heterocycles. The average Bonchev–Trinajstić information content (AvgIpc) is 2.96. The molecule has 0 aliphatic rings. The van der Waals surface area contributed by atoms with E-state index in [4.69, 9.17) is 0 Å². The van der Waals surface area contributed by atoms with E-state index in [2.05, 4.69) is 46.2 Å². The van der Waals surface area contributed by atoms with Gasteiger partial charge < -0.3 is 15.3 Å². The topological polar surface area (TPSA) is 78.3 Å². The third-order valence-corrected chi connectivity index (χ3v) is 5.37. The molecule has 0 saturated carbocycles. The van der Waals surface area contributed by atoms with Gasteiger partial charge in [0.05, 0.1) is 5.39 Å². The summed E-state index contributed by atoms with van der Waals surface area (Å²) in [4.78, 5) is 23.1. The fourth-order valence-electron chi connectivity index (χ4n) is 2.85. The standard InChI is InChI=1S/C18H20N4O2S/c1-4-22(5-2)13-8-6-12(7-9-13)21-16-14-11(3)15(18(23)24)25-17(14)20-10-19-16/h6-10H,4-5H2,1-3H3,(H,23,24)(H,19,20,21). The Labute approximate surface area is 150 Å². The first kappa shape index (κ1) is 17.2. The Morgan fingerprint density at radius 3 is 2.48 bits per heavy atom. The molecule has 0 amide bonds. The fraction of sp³-hybridized carbons (Fsp3) is 0.278. The minimum absolute atomic E-state index is 0.301. The molecular formula is C18H20N4O2S. The van der Waals surface area contributed by atoms with Gasteiger partial charge in [-0.3, -0.25) is 0 Å². The number of aryl methyl sites for hydroxylation is 1. The first-order valence-electron chi connectivity index (χ1n) is 8.14. The summed E-state index contributed by atoms with van der Waals surface area (Å²) in [5.74, 6) is -0.308. The van der Waals surface area contributed by atoms with E-state index in [-0.39, 0.29) is 0 Å². The van der Waals surface area contributed by atoms with Crippen LogP contribution in [0.3, 0.4) is 0 Å². The van der Waals surface area contributed by atoms with Gasteiger partial charge >= 0.3 is 5.97 Å². The molecule has 25 heavy (non-hydrogen) atoms. The fourth-order valence-corrected chi connectivity index (χ4v) is 3.84. The number of hydrogen-bond acceptors (Lipinski definition) is 6. The quantitative estimate of drug-likeness (QED) is 0.686. The SMILES string of the molecule is CCN(CC)c1ccc(Nc2ncnc3sc(C(=O)O)c(C)c23)cc1. The molecule has 3 aromatic rings. The van der Waals surface area contributed by atoms with E-state index in [0.29, 0.717) is 21.1 Å². The lowest BCUT2D eigenvalue weighted by molar-refractivity contribution is 0.0701. The van der Waals surface area contributed by atoms with Crippen LogP contribution in [0.15, 0.2) is 30.6 Å². The number of thiophene rings is 1.